The molecule has 0 aliphatic rings. The third kappa shape index (κ3) is 4.84. The van der Waals surface area contributed by atoms with Gasteiger partial charge < -0.3 is 10.1 Å². The van der Waals surface area contributed by atoms with Gasteiger partial charge in [-0.2, -0.15) is 0 Å². The Morgan fingerprint density at radius 2 is 1.85 bits per heavy atom. The Labute approximate surface area is 198 Å². The summed E-state index contributed by atoms with van der Waals surface area (Å²) in [6.07, 6.45) is 0. The number of anilines is 1. The summed E-state index contributed by atoms with van der Waals surface area (Å²) < 4.78 is 21.9. The van der Waals surface area contributed by atoms with Crippen molar-refractivity contribution in [2.45, 2.75) is 16.6 Å². The van der Waals surface area contributed by atoms with Crippen molar-refractivity contribution in [1.29, 1.82) is 0 Å². The Balaban J connectivity index is 1.30. The van der Waals surface area contributed by atoms with E-state index in [1.807, 2.05) is 54.6 Å². The van der Waals surface area contributed by atoms with Crippen LogP contribution in [0.3, 0.4) is 0 Å². The summed E-state index contributed by atoms with van der Waals surface area (Å²) in [5, 5.41) is 12.6. The van der Waals surface area contributed by atoms with Gasteiger partial charge in [-0.3, -0.25) is 4.57 Å². The Morgan fingerprint density at radius 1 is 1.03 bits per heavy atom. The van der Waals surface area contributed by atoms with Gasteiger partial charge in [-0.05, 0) is 42.0 Å². The van der Waals surface area contributed by atoms with E-state index in [2.05, 4.69) is 20.1 Å². The van der Waals surface area contributed by atoms with Gasteiger partial charge in [-0.1, -0.05) is 53.4 Å². The van der Waals surface area contributed by atoms with Crippen LogP contribution in [0.1, 0.15) is 11.4 Å². The molecule has 0 amide bonds. The maximum Gasteiger partial charge on any atom is 0.206 e. The van der Waals surface area contributed by atoms with E-state index in [4.69, 9.17) is 9.72 Å². The average Bonchev–Trinajstić information content (AvgIpc) is 3.46. The molecule has 0 bridgehead atoms. The molecule has 0 saturated heterocycles. The number of nitrogens with zero attached hydrogens (tertiary/aromatic N) is 4. The van der Waals surface area contributed by atoms with Crippen molar-refractivity contribution in [2.75, 3.05) is 12.4 Å². The molecule has 0 spiro atoms. The van der Waals surface area contributed by atoms with Gasteiger partial charge in [0.1, 0.15) is 17.4 Å². The van der Waals surface area contributed by atoms with Crippen molar-refractivity contribution in [3.8, 4) is 11.4 Å². The highest BCUT2D eigenvalue weighted by atomic mass is 32.2. The second-order valence-electron chi connectivity index (χ2n) is 7.20. The molecule has 0 fully saturated rings. The fourth-order valence-corrected chi connectivity index (χ4v) is 5.12. The predicted octanol–water partition coefficient (Wildman–Crippen LogP) is 5.93. The van der Waals surface area contributed by atoms with E-state index in [0.717, 1.165) is 37.8 Å². The van der Waals surface area contributed by atoms with Gasteiger partial charge in [0.25, 0.3) is 0 Å². The van der Waals surface area contributed by atoms with Gasteiger partial charge in [0, 0.05) is 18.3 Å². The van der Waals surface area contributed by atoms with Gasteiger partial charge in [-0.25, -0.2) is 9.37 Å². The molecule has 5 aromatic rings. The lowest BCUT2D eigenvalue weighted by Gasteiger charge is -2.08. The minimum absolute atomic E-state index is 0.295. The van der Waals surface area contributed by atoms with Crippen LogP contribution in [0.15, 0.2) is 77.1 Å². The molecule has 0 atom stereocenters. The number of hydrogen-bond acceptors (Lipinski definition) is 7. The molecule has 166 valence electrons. The summed E-state index contributed by atoms with van der Waals surface area (Å²) in [4.78, 5) is 4.69. The highest BCUT2D eigenvalue weighted by molar-refractivity contribution is 8.00. The Hall–Kier alpha value is -3.43. The quantitative estimate of drug-likeness (QED) is 0.280. The van der Waals surface area contributed by atoms with Crippen molar-refractivity contribution in [1.82, 2.24) is 19.7 Å². The van der Waals surface area contributed by atoms with E-state index in [0.29, 0.717) is 17.8 Å². The number of hydrogen-bond donors (Lipinski definition) is 1. The lowest BCUT2D eigenvalue weighted by Crippen LogP contribution is -1.99. The van der Waals surface area contributed by atoms with Crippen LogP contribution in [-0.4, -0.2) is 26.9 Å². The molecule has 1 N–H and O–H groups in total. The summed E-state index contributed by atoms with van der Waals surface area (Å²) in [6, 6.07) is 22.6. The molecule has 0 radical (unpaired) electrons. The summed E-state index contributed by atoms with van der Waals surface area (Å²) in [6.45, 7) is 0.651. The van der Waals surface area contributed by atoms with Gasteiger partial charge in [0.2, 0.25) is 5.13 Å². The second-order valence-corrected chi connectivity index (χ2v) is 9.40. The predicted molar refractivity (Wildman–Crippen MR) is 131 cm³/mol. The van der Waals surface area contributed by atoms with Gasteiger partial charge in [-0.15, -0.1) is 10.2 Å². The summed E-state index contributed by atoms with van der Waals surface area (Å²) in [5.74, 6) is 1.95. The largest absolute Gasteiger partial charge is 0.497 e. The highest BCUT2D eigenvalue weighted by Gasteiger charge is 2.15. The first-order chi connectivity index (χ1) is 16.2. The first-order valence-corrected chi connectivity index (χ1v) is 12.1. The topological polar surface area (TPSA) is 64.9 Å². The Bertz CT molecular complexity index is 1370. The fraction of sp³-hybridized carbons (Fsp3) is 0.125. The fourth-order valence-electron chi connectivity index (χ4n) is 3.45. The van der Waals surface area contributed by atoms with E-state index in [-0.39, 0.29) is 5.82 Å². The first-order valence-electron chi connectivity index (χ1n) is 10.2. The molecule has 5 rings (SSSR count). The monoisotopic (exact) mass is 477 g/mol. The Morgan fingerprint density at radius 3 is 2.64 bits per heavy atom. The number of aromatic nitrogens is 4. The number of imidazole rings is 1. The molecular weight excluding hydrogens is 457 g/mol. The zero-order valence-electron chi connectivity index (χ0n) is 17.7. The van der Waals surface area contributed by atoms with Gasteiger partial charge in [0.15, 0.2) is 4.34 Å². The molecule has 0 saturated carbocycles. The van der Waals surface area contributed by atoms with Crippen LogP contribution in [0.25, 0.3) is 16.7 Å². The van der Waals surface area contributed by atoms with Crippen LogP contribution in [-0.2, 0) is 12.3 Å². The summed E-state index contributed by atoms with van der Waals surface area (Å²) >= 11 is 3.06. The van der Waals surface area contributed by atoms with Crippen LogP contribution in [0, 0.1) is 5.82 Å². The van der Waals surface area contributed by atoms with Crippen molar-refractivity contribution < 1.29 is 9.13 Å². The third-order valence-electron chi connectivity index (χ3n) is 5.03. The average molecular weight is 478 g/mol. The van der Waals surface area contributed by atoms with Crippen LogP contribution < -0.4 is 10.1 Å². The normalized spacial score (nSPS) is 11.1. The van der Waals surface area contributed by atoms with Crippen molar-refractivity contribution in [3.05, 3.63) is 90.0 Å². The van der Waals surface area contributed by atoms with Crippen LogP contribution in [0.5, 0.6) is 5.75 Å². The summed E-state index contributed by atoms with van der Waals surface area (Å²) in [7, 11) is 1.65. The minimum Gasteiger partial charge on any atom is -0.497 e. The van der Waals surface area contributed by atoms with E-state index in [9.17, 15) is 4.39 Å². The number of ether oxygens (including phenoxy) is 1. The lowest BCUT2D eigenvalue weighted by atomic mass is 10.2. The lowest BCUT2D eigenvalue weighted by molar-refractivity contribution is 0.414. The maximum absolute atomic E-state index is 13.8. The molecule has 0 aliphatic heterocycles. The SMILES string of the molecule is COc1ccc(CNc2nnc(SCc3nc4cc(F)ccc4n3-c3ccccc3)s2)cc1. The van der Waals surface area contributed by atoms with Gasteiger partial charge in [0.05, 0.1) is 23.9 Å². The molecule has 6 nitrogen and oxygen atoms in total. The van der Waals surface area contributed by atoms with Crippen molar-refractivity contribution in [3.63, 3.8) is 0 Å². The number of methoxy groups -OCH3 is 1. The van der Waals surface area contributed by atoms with E-state index >= 15 is 0 Å². The zero-order valence-corrected chi connectivity index (χ0v) is 19.4. The number of nitrogens with one attached hydrogen (secondary N) is 1. The molecule has 0 unspecified atom stereocenters. The van der Waals surface area contributed by atoms with E-state index < -0.39 is 0 Å². The summed E-state index contributed by atoms with van der Waals surface area (Å²) in [5.41, 5.74) is 3.62. The third-order valence-corrected chi connectivity index (χ3v) is 7.04. The number of thioether (sulfide) groups is 1. The van der Waals surface area contributed by atoms with Crippen molar-refractivity contribution in [2.24, 2.45) is 0 Å². The highest BCUT2D eigenvalue weighted by Crippen LogP contribution is 2.31. The molecule has 33 heavy (non-hydrogen) atoms. The molecule has 2 aromatic heterocycles. The number of halogens is 1. The van der Waals surface area contributed by atoms with Crippen molar-refractivity contribution >= 4 is 39.3 Å². The Kier molecular flexibility index (Phi) is 6.23. The van der Waals surface area contributed by atoms with E-state index in [1.54, 1.807) is 24.9 Å². The number of benzene rings is 3. The standard InChI is InChI=1S/C24H20FN5OS2/c1-31-19-10-7-16(8-11-19)14-26-23-28-29-24(33-23)32-15-22-27-20-13-17(25)9-12-21(20)30(22)18-5-3-2-4-6-18/h2-13H,14-15H2,1H3,(H,26,28). The number of fused-ring (bicyclic) bond motifs is 1. The number of rotatable bonds is 8. The molecule has 9 heteroatoms. The van der Waals surface area contributed by atoms with Gasteiger partial charge >= 0.3 is 0 Å². The molecule has 0 aliphatic carbocycles. The minimum atomic E-state index is -0.295. The molecule has 3 aromatic carbocycles. The molecular formula is C24H20FN5OS2. The van der Waals surface area contributed by atoms with Crippen LogP contribution in [0.2, 0.25) is 0 Å². The van der Waals surface area contributed by atoms with Crippen LogP contribution in [0.4, 0.5) is 9.52 Å². The maximum atomic E-state index is 13.8. The smallest absolute Gasteiger partial charge is 0.206 e. The molecule has 2 heterocycles. The first kappa shape index (κ1) is 21.4. The van der Waals surface area contributed by atoms with E-state index in [1.165, 1.54) is 23.5 Å². The number of para-hydroxylation sites is 1. The van der Waals surface area contributed by atoms with Crippen LogP contribution >= 0.6 is 23.1 Å². The zero-order chi connectivity index (χ0) is 22.6. The second kappa shape index (κ2) is 9.60.